The molecule has 3 heterocycles. The zero-order valence-electron chi connectivity index (χ0n) is 13.6. The predicted octanol–water partition coefficient (Wildman–Crippen LogP) is -0.514. The number of carbonyl (C=O) groups excluding carboxylic acids is 3. The maximum Gasteiger partial charge on any atom is 0.255 e. The maximum atomic E-state index is 12.7. The van der Waals surface area contributed by atoms with E-state index in [0.29, 0.717) is 25.4 Å². The molecule has 0 aromatic heterocycles. The van der Waals surface area contributed by atoms with E-state index in [-0.39, 0.29) is 18.4 Å². The Balaban J connectivity index is 1.61. The zero-order valence-corrected chi connectivity index (χ0v) is 13.6. The number of nitrogens with zero attached hydrogens (tertiary/aromatic N) is 3. The molecule has 3 aliphatic rings. The molecule has 0 spiro atoms. The van der Waals surface area contributed by atoms with Crippen LogP contribution in [0.2, 0.25) is 0 Å². The molecule has 0 aliphatic carbocycles. The molecule has 8 nitrogen and oxygen atoms in total. The Morgan fingerprint density at radius 3 is 2.52 bits per heavy atom. The highest BCUT2D eigenvalue weighted by Crippen LogP contribution is 2.34. The van der Waals surface area contributed by atoms with Crippen LogP contribution in [0.3, 0.4) is 0 Å². The van der Waals surface area contributed by atoms with Crippen molar-refractivity contribution in [3.63, 3.8) is 0 Å². The largest absolute Gasteiger partial charge is 0.370 e. The molecule has 1 unspecified atom stereocenters. The lowest BCUT2D eigenvalue weighted by Crippen LogP contribution is -2.49. The molecule has 1 aromatic carbocycles. The number of fused-ring (bicyclic) bond motifs is 1. The summed E-state index contributed by atoms with van der Waals surface area (Å²) >= 11 is 0. The number of nitrogens with two attached hydrogens (primary N) is 1. The lowest BCUT2D eigenvalue weighted by Gasteiger charge is -2.29. The quantitative estimate of drug-likeness (QED) is 0.797. The molecule has 1 radical (unpaired) electrons. The molecule has 3 aliphatic heterocycles. The summed E-state index contributed by atoms with van der Waals surface area (Å²) in [5, 5.41) is 0. The SMILES string of the molecule is NC(=O)C1N(c2ccc(N3CCOCC3=O)cc2)C(=O)[C@@H]2[CH]CCN12. The van der Waals surface area contributed by atoms with E-state index in [1.165, 1.54) is 4.90 Å². The van der Waals surface area contributed by atoms with E-state index in [1.807, 2.05) is 11.3 Å². The van der Waals surface area contributed by atoms with Crippen molar-refractivity contribution in [1.29, 1.82) is 0 Å². The lowest BCUT2D eigenvalue weighted by molar-refractivity contribution is -0.125. The van der Waals surface area contributed by atoms with Gasteiger partial charge in [-0.1, -0.05) is 0 Å². The molecule has 3 saturated heterocycles. The average Bonchev–Trinajstić information content (AvgIpc) is 3.18. The maximum absolute atomic E-state index is 12.7. The van der Waals surface area contributed by atoms with E-state index in [4.69, 9.17) is 10.5 Å². The van der Waals surface area contributed by atoms with Crippen molar-refractivity contribution in [1.82, 2.24) is 4.90 Å². The van der Waals surface area contributed by atoms with Crippen LogP contribution in [0, 0.1) is 6.42 Å². The average molecular weight is 343 g/mol. The van der Waals surface area contributed by atoms with Crippen molar-refractivity contribution < 1.29 is 19.1 Å². The molecule has 0 saturated carbocycles. The molecule has 3 amide bonds. The number of anilines is 2. The Bertz CT molecular complexity index is 720. The summed E-state index contributed by atoms with van der Waals surface area (Å²) < 4.78 is 5.13. The normalized spacial score (nSPS) is 27.0. The topological polar surface area (TPSA) is 96.2 Å². The fourth-order valence-corrected chi connectivity index (χ4v) is 3.73. The number of primary amides is 1. The smallest absolute Gasteiger partial charge is 0.255 e. The molecule has 1 aromatic rings. The highest BCUT2D eigenvalue weighted by molar-refractivity contribution is 6.07. The minimum Gasteiger partial charge on any atom is -0.370 e. The molecule has 8 heteroatoms. The van der Waals surface area contributed by atoms with Crippen molar-refractivity contribution in [3.05, 3.63) is 30.7 Å². The van der Waals surface area contributed by atoms with E-state index < -0.39 is 18.1 Å². The summed E-state index contributed by atoms with van der Waals surface area (Å²) in [6.45, 7) is 1.70. The van der Waals surface area contributed by atoms with Gasteiger partial charge in [0, 0.05) is 24.5 Å². The van der Waals surface area contributed by atoms with E-state index in [0.717, 1.165) is 12.1 Å². The summed E-state index contributed by atoms with van der Waals surface area (Å²) in [6.07, 6.45) is 1.91. The van der Waals surface area contributed by atoms with Gasteiger partial charge in [0.1, 0.15) is 6.61 Å². The summed E-state index contributed by atoms with van der Waals surface area (Å²) in [5.41, 5.74) is 6.89. The Morgan fingerprint density at radius 1 is 1.12 bits per heavy atom. The minimum absolute atomic E-state index is 0.0720. The van der Waals surface area contributed by atoms with Crippen molar-refractivity contribution in [3.8, 4) is 0 Å². The third kappa shape index (κ3) is 2.58. The Hall–Kier alpha value is -2.45. The Morgan fingerprint density at radius 2 is 1.84 bits per heavy atom. The van der Waals surface area contributed by atoms with Gasteiger partial charge in [-0.05, 0) is 37.1 Å². The number of hydrogen-bond donors (Lipinski definition) is 1. The number of rotatable bonds is 3. The second kappa shape index (κ2) is 6.12. The summed E-state index contributed by atoms with van der Waals surface area (Å²) in [6, 6.07) is 6.65. The first-order valence-electron chi connectivity index (χ1n) is 8.27. The first-order chi connectivity index (χ1) is 12.1. The van der Waals surface area contributed by atoms with E-state index in [9.17, 15) is 14.4 Å². The Kier molecular flexibility index (Phi) is 3.93. The van der Waals surface area contributed by atoms with Crippen molar-refractivity contribution in [2.24, 2.45) is 5.73 Å². The van der Waals surface area contributed by atoms with Crippen molar-refractivity contribution in [2.45, 2.75) is 18.6 Å². The first-order valence-corrected chi connectivity index (χ1v) is 8.27. The molecule has 25 heavy (non-hydrogen) atoms. The molecule has 4 rings (SSSR count). The first kappa shape index (κ1) is 16.0. The van der Waals surface area contributed by atoms with Gasteiger partial charge in [0.2, 0.25) is 5.91 Å². The van der Waals surface area contributed by atoms with Crippen LogP contribution in [-0.2, 0) is 19.1 Å². The van der Waals surface area contributed by atoms with Crippen LogP contribution in [0.25, 0.3) is 0 Å². The number of morpholine rings is 1. The number of carbonyl (C=O) groups is 3. The van der Waals surface area contributed by atoms with Crippen LogP contribution in [0.5, 0.6) is 0 Å². The summed E-state index contributed by atoms with van der Waals surface area (Å²) in [7, 11) is 0. The summed E-state index contributed by atoms with van der Waals surface area (Å²) in [4.78, 5) is 41.5. The summed E-state index contributed by atoms with van der Waals surface area (Å²) in [5.74, 6) is -0.781. The predicted molar refractivity (Wildman–Crippen MR) is 89.5 cm³/mol. The van der Waals surface area contributed by atoms with Gasteiger partial charge in [0.05, 0.1) is 12.6 Å². The number of hydrogen-bond acceptors (Lipinski definition) is 5. The molecule has 2 N–H and O–H groups in total. The van der Waals surface area contributed by atoms with Gasteiger partial charge in [-0.3, -0.25) is 24.2 Å². The minimum atomic E-state index is -0.771. The highest BCUT2D eigenvalue weighted by atomic mass is 16.5. The van der Waals surface area contributed by atoms with Gasteiger partial charge in [-0.15, -0.1) is 0 Å². The van der Waals surface area contributed by atoms with Crippen LogP contribution in [0.4, 0.5) is 11.4 Å². The van der Waals surface area contributed by atoms with E-state index in [2.05, 4.69) is 0 Å². The number of benzene rings is 1. The molecule has 3 fully saturated rings. The molecule has 2 atom stereocenters. The number of ether oxygens (including phenoxy) is 1. The lowest BCUT2D eigenvalue weighted by atomic mass is 10.2. The second-order valence-corrected chi connectivity index (χ2v) is 6.31. The fraction of sp³-hybridized carbons (Fsp3) is 0.412. The van der Waals surface area contributed by atoms with Crippen LogP contribution in [0.1, 0.15) is 6.42 Å². The zero-order chi connectivity index (χ0) is 17.6. The highest BCUT2D eigenvalue weighted by Gasteiger charge is 2.51. The van der Waals surface area contributed by atoms with Crippen LogP contribution in [-0.4, -0.2) is 61.1 Å². The third-order valence-corrected chi connectivity index (χ3v) is 4.86. The van der Waals surface area contributed by atoms with E-state index >= 15 is 0 Å². The van der Waals surface area contributed by atoms with Gasteiger partial charge in [-0.2, -0.15) is 0 Å². The fourth-order valence-electron chi connectivity index (χ4n) is 3.73. The second-order valence-electron chi connectivity index (χ2n) is 6.31. The molecular weight excluding hydrogens is 324 g/mol. The molecular formula is C17H19N4O4. The Labute approximate surface area is 145 Å². The van der Waals surface area contributed by atoms with Crippen molar-refractivity contribution in [2.75, 3.05) is 36.1 Å². The standard InChI is InChI=1S/C17H19N4O4/c18-15(23)16-20-7-1-2-13(20)17(24)21(16)12-5-3-11(4-6-12)19-8-9-25-10-14(19)22/h2-6,13,16H,1,7-10H2,(H2,18,23)/t13-,16?/m0/s1. The van der Waals surface area contributed by atoms with Gasteiger partial charge in [-0.25, -0.2) is 0 Å². The van der Waals surface area contributed by atoms with Gasteiger partial charge in [0.15, 0.2) is 6.17 Å². The van der Waals surface area contributed by atoms with Crippen molar-refractivity contribution >= 4 is 29.1 Å². The molecule has 131 valence electrons. The van der Waals surface area contributed by atoms with Crippen LogP contribution >= 0.6 is 0 Å². The van der Waals surface area contributed by atoms with E-state index in [1.54, 1.807) is 29.2 Å². The van der Waals surface area contributed by atoms with Gasteiger partial charge >= 0.3 is 0 Å². The monoisotopic (exact) mass is 343 g/mol. The third-order valence-electron chi connectivity index (χ3n) is 4.86. The number of amides is 3. The van der Waals surface area contributed by atoms with Crippen LogP contribution in [0.15, 0.2) is 24.3 Å². The van der Waals surface area contributed by atoms with Gasteiger partial charge < -0.3 is 15.4 Å². The molecule has 0 bridgehead atoms. The van der Waals surface area contributed by atoms with Crippen LogP contribution < -0.4 is 15.5 Å². The van der Waals surface area contributed by atoms with Gasteiger partial charge in [0.25, 0.3) is 11.8 Å².